The highest BCUT2D eigenvalue weighted by Gasteiger charge is 2.26. The average molecular weight is 307 g/mol. The molecule has 1 rings (SSSR count). The van der Waals surface area contributed by atoms with E-state index in [0.717, 1.165) is 13.1 Å². The molecule has 0 atom stereocenters. The highest BCUT2D eigenvalue weighted by Crippen LogP contribution is 2.22. The first kappa shape index (κ1) is 16.5. The second kappa shape index (κ2) is 6.27. The summed E-state index contributed by atoms with van der Waals surface area (Å²) < 4.78 is 49.6. The summed E-state index contributed by atoms with van der Waals surface area (Å²) in [6.45, 7) is 0.755. The zero-order chi connectivity index (χ0) is 15.5. The Morgan fingerprint density at radius 2 is 2.00 bits per heavy atom. The number of alkyl halides is 2. The summed E-state index contributed by atoms with van der Waals surface area (Å²) in [6, 6.07) is 3.66. The summed E-state index contributed by atoms with van der Waals surface area (Å²) in [5, 5.41) is 8.89. The number of carboxylic acids is 1. The van der Waals surface area contributed by atoms with Crippen LogP contribution in [-0.4, -0.2) is 43.8 Å². The predicted octanol–water partition coefficient (Wildman–Crippen LogP) is 1.83. The zero-order valence-electron chi connectivity index (χ0n) is 11.0. The van der Waals surface area contributed by atoms with Crippen LogP contribution in [0, 0.1) is 0 Å². The smallest absolute Gasteiger partial charge is 0.335 e. The quantitative estimate of drug-likeness (QED) is 0.870. The van der Waals surface area contributed by atoms with Crippen molar-refractivity contribution in [2.24, 2.45) is 0 Å². The van der Waals surface area contributed by atoms with Crippen molar-refractivity contribution in [1.29, 1.82) is 0 Å². The Hall–Kier alpha value is -1.54. The van der Waals surface area contributed by atoms with Crippen LogP contribution in [0.15, 0.2) is 23.1 Å². The minimum Gasteiger partial charge on any atom is -0.478 e. The number of aryl methyl sites for hydroxylation is 1. The van der Waals surface area contributed by atoms with Gasteiger partial charge in [0.25, 0.3) is 6.43 Å². The normalized spacial score (nSPS) is 12.1. The van der Waals surface area contributed by atoms with Crippen molar-refractivity contribution in [3.8, 4) is 0 Å². The third kappa shape index (κ3) is 3.51. The van der Waals surface area contributed by atoms with Gasteiger partial charge in [-0.2, -0.15) is 4.31 Å². The van der Waals surface area contributed by atoms with E-state index in [1.807, 2.05) is 0 Å². The van der Waals surface area contributed by atoms with E-state index in [1.54, 1.807) is 6.92 Å². The zero-order valence-corrected chi connectivity index (χ0v) is 11.8. The molecular weight excluding hydrogens is 292 g/mol. The number of hydrogen-bond donors (Lipinski definition) is 1. The number of sulfonamides is 1. The monoisotopic (exact) mass is 307 g/mol. The Balaban J connectivity index is 3.35. The molecule has 0 aliphatic carbocycles. The van der Waals surface area contributed by atoms with E-state index in [4.69, 9.17) is 5.11 Å². The molecule has 0 heterocycles. The molecule has 0 bridgehead atoms. The molecule has 0 saturated heterocycles. The van der Waals surface area contributed by atoms with Crippen molar-refractivity contribution in [2.75, 3.05) is 13.6 Å². The molecule has 1 N–H and O–H groups in total. The first-order valence-corrected chi connectivity index (χ1v) is 7.24. The van der Waals surface area contributed by atoms with Gasteiger partial charge in [0.05, 0.1) is 17.0 Å². The van der Waals surface area contributed by atoms with Crippen molar-refractivity contribution < 1.29 is 27.1 Å². The number of halogens is 2. The Morgan fingerprint density at radius 3 is 2.45 bits per heavy atom. The molecule has 0 aromatic heterocycles. The number of aromatic carboxylic acids is 1. The maximum absolute atomic E-state index is 12.3. The molecule has 1 aromatic carbocycles. The van der Waals surface area contributed by atoms with Gasteiger partial charge in [-0.25, -0.2) is 22.0 Å². The molecule has 0 fully saturated rings. The van der Waals surface area contributed by atoms with E-state index < -0.39 is 29.0 Å². The average Bonchev–Trinajstić information content (AvgIpc) is 2.36. The van der Waals surface area contributed by atoms with Crippen molar-refractivity contribution in [3.63, 3.8) is 0 Å². The maximum atomic E-state index is 12.3. The van der Waals surface area contributed by atoms with Crippen LogP contribution in [0.5, 0.6) is 0 Å². The van der Waals surface area contributed by atoms with E-state index >= 15 is 0 Å². The summed E-state index contributed by atoms with van der Waals surface area (Å²) in [5.41, 5.74) is 0.183. The Bertz CT molecular complexity index is 601. The van der Waals surface area contributed by atoms with Crippen molar-refractivity contribution in [1.82, 2.24) is 4.31 Å². The van der Waals surface area contributed by atoms with E-state index in [9.17, 15) is 22.0 Å². The lowest BCUT2D eigenvalue weighted by molar-refractivity contribution is 0.0696. The minimum atomic E-state index is -4.14. The minimum absolute atomic E-state index is 0.203. The third-order valence-corrected chi connectivity index (χ3v) is 4.68. The lowest BCUT2D eigenvalue weighted by Gasteiger charge is -2.19. The van der Waals surface area contributed by atoms with Gasteiger partial charge in [0.15, 0.2) is 0 Å². The Morgan fingerprint density at radius 1 is 1.40 bits per heavy atom. The summed E-state index contributed by atoms with van der Waals surface area (Å²) in [4.78, 5) is 10.7. The highest BCUT2D eigenvalue weighted by molar-refractivity contribution is 7.89. The molecule has 8 heteroatoms. The van der Waals surface area contributed by atoms with E-state index in [2.05, 4.69) is 0 Å². The predicted molar refractivity (Wildman–Crippen MR) is 68.6 cm³/mol. The largest absolute Gasteiger partial charge is 0.478 e. The number of nitrogens with zero attached hydrogens (tertiary/aromatic N) is 1. The molecule has 1 aromatic rings. The van der Waals surface area contributed by atoms with Gasteiger partial charge in [-0.3, -0.25) is 0 Å². The van der Waals surface area contributed by atoms with Crippen LogP contribution < -0.4 is 0 Å². The summed E-state index contributed by atoms with van der Waals surface area (Å²) in [7, 11) is -3.11. The summed E-state index contributed by atoms with van der Waals surface area (Å²) >= 11 is 0. The van der Waals surface area contributed by atoms with Gasteiger partial charge in [-0.1, -0.05) is 13.0 Å². The van der Waals surface area contributed by atoms with Gasteiger partial charge in [-0.05, 0) is 24.1 Å². The van der Waals surface area contributed by atoms with Gasteiger partial charge in [0.2, 0.25) is 10.0 Å². The van der Waals surface area contributed by atoms with Crippen LogP contribution in [0.1, 0.15) is 22.8 Å². The molecule has 112 valence electrons. The molecule has 5 nitrogen and oxygen atoms in total. The lowest BCUT2D eigenvalue weighted by Crippen LogP contribution is -2.32. The third-order valence-electron chi connectivity index (χ3n) is 2.78. The fourth-order valence-electron chi connectivity index (χ4n) is 1.68. The summed E-state index contributed by atoms with van der Waals surface area (Å²) in [6.07, 6.45) is -2.46. The van der Waals surface area contributed by atoms with Crippen molar-refractivity contribution in [2.45, 2.75) is 24.7 Å². The number of carboxylic acid groups (broad SMARTS) is 1. The molecule has 0 saturated carbocycles. The van der Waals surface area contributed by atoms with Crippen LogP contribution in [0.2, 0.25) is 0 Å². The standard InChI is InChI=1S/C12H15F2NO4S/c1-3-8-4-5-9(12(16)17)6-10(8)20(18,19)15(2)7-11(13)14/h4-6,11H,3,7H2,1-2H3,(H,16,17). The molecule has 0 unspecified atom stereocenters. The van der Waals surface area contributed by atoms with Crippen LogP contribution >= 0.6 is 0 Å². The van der Waals surface area contributed by atoms with Crippen LogP contribution in [0.3, 0.4) is 0 Å². The number of hydrogen-bond acceptors (Lipinski definition) is 3. The van der Waals surface area contributed by atoms with E-state index in [-0.39, 0.29) is 10.5 Å². The van der Waals surface area contributed by atoms with Crippen LogP contribution in [-0.2, 0) is 16.4 Å². The lowest BCUT2D eigenvalue weighted by atomic mass is 10.1. The van der Waals surface area contributed by atoms with Gasteiger partial charge < -0.3 is 5.11 Å². The van der Waals surface area contributed by atoms with Crippen LogP contribution in [0.25, 0.3) is 0 Å². The Kier molecular flexibility index (Phi) is 5.18. The molecule has 20 heavy (non-hydrogen) atoms. The second-order valence-electron chi connectivity index (χ2n) is 4.16. The maximum Gasteiger partial charge on any atom is 0.335 e. The summed E-state index contributed by atoms with van der Waals surface area (Å²) in [5.74, 6) is -1.28. The van der Waals surface area contributed by atoms with Gasteiger partial charge in [0.1, 0.15) is 0 Å². The first-order chi connectivity index (χ1) is 9.20. The second-order valence-corrected chi connectivity index (χ2v) is 6.17. The van der Waals surface area contributed by atoms with Crippen molar-refractivity contribution >= 4 is 16.0 Å². The molecule has 0 spiro atoms. The fraction of sp³-hybridized carbons (Fsp3) is 0.417. The fourth-order valence-corrected chi connectivity index (χ4v) is 3.14. The van der Waals surface area contributed by atoms with Crippen LogP contribution in [0.4, 0.5) is 8.78 Å². The molecular formula is C12H15F2NO4S. The Labute approximate surface area is 115 Å². The van der Waals surface area contributed by atoms with Gasteiger partial charge in [-0.15, -0.1) is 0 Å². The molecule has 0 amide bonds. The topological polar surface area (TPSA) is 74.7 Å². The van der Waals surface area contributed by atoms with Gasteiger partial charge in [0, 0.05) is 7.05 Å². The molecule has 0 aliphatic rings. The van der Waals surface area contributed by atoms with Gasteiger partial charge >= 0.3 is 5.97 Å². The molecule has 0 radical (unpaired) electrons. The number of benzene rings is 1. The SMILES string of the molecule is CCc1ccc(C(=O)O)cc1S(=O)(=O)N(C)CC(F)F. The van der Waals surface area contributed by atoms with E-state index in [0.29, 0.717) is 16.3 Å². The number of carbonyl (C=O) groups is 1. The first-order valence-electron chi connectivity index (χ1n) is 5.80. The van der Waals surface area contributed by atoms with Crippen molar-refractivity contribution in [3.05, 3.63) is 29.3 Å². The number of rotatable bonds is 6. The highest BCUT2D eigenvalue weighted by atomic mass is 32.2. The van der Waals surface area contributed by atoms with E-state index in [1.165, 1.54) is 12.1 Å². The molecule has 0 aliphatic heterocycles.